The molecule has 0 radical (unpaired) electrons. The first-order chi connectivity index (χ1) is 8.36. The molecule has 1 aromatic carbocycles. The summed E-state index contributed by atoms with van der Waals surface area (Å²) >= 11 is 0. The quantitative estimate of drug-likeness (QED) is 0.794. The van der Waals surface area contributed by atoms with Crippen LogP contribution in [0.4, 0.5) is 0 Å². The highest BCUT2D eigenvalue weighted by Crippen LogP contribution is 2.08. The van der Waals surface area contributed by atoms with Crippen molar-refractivity contribution in [3.63, 3.8) is 0 Å². The van der Waals surface area contributed by atoms with Crippen molar-refractivity contribution in [2.24, 2.45) is 0 Å². The summed E-state index contributed by atoms with van der Waals surface area (Å²) < 4.78 is 4.91. The lowest BCUT2D eigenvalue weighted by molar-refractivity contribution is 0.229. The first-order valence-electron chi connectivity index (χ1n) is 6.68. The number of rotatable bonds is 3. The first kappa shape index (κ1) is 14.0. The van der Waals surface area contributed by atoms with Crippen LogP contribution < -0.4 is 4.74 Å². The Morgan fingerprint density at radius 2 is 1.71 bits per heavy atom. The smallest absolute Gasteiger partial charge is 0.118 e. The molecule has 0 saturated carbocycles. The van der Waals surface area contributed by atoms with Crippen LogP contribution in [-0.4, -0.2) is 31.6 Å². The number of likely N-dealkylation sites (tertiary alicyclic amines) is 1. The van der Waals surface area contributed by atoms with Gasteiger partial charge in [0.2, 0.25) is 0 Å². The number of nitrogens with zero attached hydrogens (tertiary/aromatic N) is 1. The molecule has 0 aromatic heterocycles. The molecule has 0 spiro atoms. The lowest BCUT2D eigenvalue weighted by atomic mass is 10.1. The Kier molecular flexibility index (Phi) is 7.48. The second-order valence-electron chi connectivity index (χ2n) is 4.42. The van der Waals surface area contributed by atoms with E-state index in [1.807, 2.05) is 30.3 Å². The fraction of sp³-hybridized carbons (Fsp3) is 0.600. The molecule has 1 heterocycles. The SMILES string of the molecule is CCCN1CCCCC1.COc1ccccc1. The molecule has 0 atom stereocenters. The highest BCUT2D eigenvalue weighted by molar-refractivity contribution is 5.20. The van der Waals surface area contributed by atoms with Crippen LogP contribution >= 0.6 is 0 Å². The molecule has 1 aromatic rings. The number of hydrogen-bond donors (Lipinski definition) is 0. The number of hydrogen-bond acceptors (Lipinski definition) is 2. The zero-order chi connectivity index (χ0) is 12.3. The molecule has 1 saturated heterocycles. The van der Waals surface area contributed by atoms with Crippen molar-refractivity contribution < 1.29 is 4.74 Å². The van der Waals surface area contributed by atoms with Crippen molar-refractivity contribution in [3.05, 3.63) is 30.3 Å². The average molecular weight is 235 g/mol. The van der Waals surface area contributed by atoms with Crippen LogP contribution in [-0.2, 0) is 0 Å². The van der Waals surface area contributed by atoms with Crippen molar-refractivity contribution in [3.8, 4) is 5.75 Å². The number of ether oxygens (including phenoxy) is 1. The van der Waals surface area contributed by atoms with E-state index in [9.17, 15) is 0 Å². The van der Waals surface area contributed by atoms with E-state index >= 15 is 0 Å². The first-order valence-corrected chi connectivity index (χ1v) is 6.68. The Balaban J connectivity index is 0.000000171. The number of methoxy groups -OCH3 is 1. The summed E-state index contributed by atoms with van der Waals surface area (Å²) in [5.41, 5.74) is 0. The second kappa shape index (κ2) is 9.06. The molecule has 2 heteroatoms. The highest BCUT2D eigenvalue weighted by atomic mass is 16.5. The molecule has 17 heavy (non-hydrogen) atoms. The molecule has 1 aliphatic heterocycles. The molecule has 1 fully saturated rings. The molecule has 2 nitrogen and oxygen atoms in total. The van der Waals surface area contributed by atoms with Gasteiger partial charge >= 0.3 is 0 Å². The van der Waals surface area contributed by atoms with Gasteiger partial charge in [-0.15, -0.1) is 0 Å². The molecular formula is C15H25NO. The van der Waals surface area contributed by atoms with Gasteiger partial charge in [0.1, 0.15) is 5.75 Å². The number of piperidine rings is 1. The summed E-state index contributed by atoms with van der Waals surface area (Å²) in [4.78, 5) is 2.57. The van der Waals surface area contributed by atoms with E-state index in [1.54, 1.807) is 7.11 Å². The highest BCUT2D eigenvalue weighted by Gasteiger charge is 2.07. The van der Waals surface area contributed by atoms with Crippen molar-refractivity contribution in [2.45, 2.75) is 32.6 Å². The minimum atomic E-state index is 0.910. The van der Waals surface area contributed by atoms with Gasteiger partial charge in [0.25, 0.3) is 0 Å². The van der Waals surface area contributed by atoms with E-state index < -0.39 is 0 Å². The van der Waals surface area contributed by atoms with Crippen LogP contribution in [0.15, 0.2) is 30.3 Å². The normalized spacial score (nSPS) is 15.9. The minimum Gasteiger partial charge on any atom is -0.497 e. The topological polar surface area (TPSA) is 12.5 Å². The Bertz CT molecular complexity index is 265. The Morgan fingerprint density at radius 1 is 1.06 bits per heavy atom. The van der Waals surface area contributed by atoms with E-state index in [2.05, 4.69) is 11.8 Å². The van der Waals surface area contributed by atoms with Crippen LogP contribution in [0.25, 0.3) is 0 Å². The predicted molar refractivity (Wildman–Crippen MR) is 73.6 cm³/mol. The Hall–Kier alpha value is -1.02. The van der Waals surface area contributed by atoms with Crippen molar-refractivity contribution in [1.29, 1.82) is 0 Å². The van der Waals surface area contributed by atoms with E-state index in [0.717, 1.165) is 5.75 Å². The van der Waals surface area contributed by atoms with Crippen molar-refractivity contribution >= 4 is 0 Å². The van der Waals surface area contributed by atoms with Crippen LogP contribution in [0.1, 0.15) is 32.6 Å². The third-order valence-electron chi connectivity index (χ3n) is 2.97. The summed E-state index contributed by atoms with van der Waals surface area (Å²) in [5, 5.41) is 0. The third-order valence-corrected chi connectivity index (χ3v) is 2.97. The zero-order valence-electron chi connectivity index (χ0n) is 11.2. The molecule has 0 N–H and O–H groups in total. The maximum atomic E-state index is 4.91. The van der Waals surface area contributed by atoms with Crippen molar-refractivity contribution in [1.82, 2.24) is 4.90 Å². The third kappa shape index (κ3) is 6.32. The molecule has 0 bridgehead atoms. The molecule has 0 unspecified atom stereocenters. The van der Waals surface area contributed by atoms with Crippen LogP contribution in [0.3, 0.4) is 0 Å². The maximum Gasteiger partial charge on any atom is 0.118 e. The fourth-order valence-corrected chi connectivity index (χ4v) is 2.06. The number of para-hydroxylation sites is 1. The minimum absolute atomic E-state index is 0.910. The molecule has 0 aliphatic carbocycles. The van der Waals surface area contributed by atoms with Gasteiger partial charge in [0.15, 0.2) is 0 Å². The lowest BCUT2D eigenvalue weighted by Crippen LogP contribution is -2.30. The fourth-order valence-electron chi connectivity index (χ4n) is 2.06. The largest absolute Gasteiger partial charge is 0.497 e. The summed E-state index contributed by atoms with van der Waals surface area (Å²) in [6, 6.07) is 9.68. The van der Waals surface area contributed by atoms with Crippen LogP contribution in [0.5, 0.6) is 5.75 Å². The number of benzene rings is 1. The Morgan fingerprint density at radius 3 is 2.18 bits per heavy atom. The van der Waals surface area contributed by atoms with E-state index in [4.69, 9.17) is 4.74 Å². The van der Waals surface area contributed by atoms with Gasteiger partial charge in [-0.3, -0.25) is 0 Å². The van der Waals surface area contributed by atoms with Crippen LogP contribution in [0, 0.1) is 0 Å². The summed E-state index contributed by atoms with van der Waals surface area (Å²) in [7, 11) is 1.66. The van der Waals surface area contributed by atoms with Gasteiger partial charge in [0, 0.05) is 0 Å². The summed E-state index contributed by atoms with van der Waals surface area (Å²) in [5.74, 6) is 0.910. The molecule has 96 valence electrons. The van der Waals surface area contributed by atoms with Gasteiger partial charge in [-0.25, -0.2) is 0 Å². The standard InChI is InChI=1S/C8H17N.C7H8O/c1-2-6-9-7-4-3-5-8-9;1-8-7-5-3-2-4-6-7/h2-8H2,1H3;2-6H,1H3. The molecule has 2 rings (SSSR count). The summed E-state index contributed by atoms with van der Waals surface area (Å²) in [6.45, 7) is 6.29. The predicted octanol–water partition coefficient (Wildman–Crippen LogP) is 3.58. The second-order valence-corrected chi connectivity index (χ2v) is 4.42. The monoisotopic (exact) mass is 235 g/mol. The van der Waals surface area contributed by atoms with Gasteiger partial charge in [-0.1, -0.05) is 31.5 Å². The molecule has 1 aliphatic rings. The van der Waals surface area contributed by atoms with Crippen molar-refractivity contribution in [2.75, 3.05) is 26.7 Å². The van der Waals surface area contributed by atoms with Crippen LogP contribution in [0.2, 0.25) is 0 Å². The van der Waals surface area contributed by atoms with E-state index in [1.165, 1.54) is 45.3 Å². The summed E-state index contributed by atoms with van der Waals surface area (Å²) in [6.07, 6.45) is 5.64. The van der Waals surface area contributed by atoms with E-state index in [-0.39, 0.29) is 0 Å². The van der Waals surface area contributed by atoms with Gasteiger partial charge in [-0.2, -0.15) is 0 Å². The average Bonchev–Trinajstić information content (AvgIpc) is 2.42. The zero-order valence-corrected chi connectivity index (χ0v) is 11.2. The molecule has 0 amide bonds. The van der Waals surface area contributed by atoms with Gasteiger partial charge < -0.3 is 9.64 Å². The van der Waals surface area contributed by atoms with E-state index in [0.29, 0.717) is 0 Å². The van der Waals surface area contributed by atoms with Gasteiger partial charge in [-0.05, 0) is 51.0 Å². The van der Waals surface area contributed by atoms with Gasteiger partial charge in [0.05, 0.1) is 7.11 Å². The lowest BCUT2D eigenvalue weighted by Gasteiger charge is -2.25. The Labute approximate surface area is 106 Å². The maximum absolute atomic E-state index is 4.91. The molecular weight excluding hydrogens is 210 g/mol.